The number of nitrogens with zero attached hydrogens (tertiary/aromatic N) is 1. The average Bonchev–Trinajstić information content (AvgIpc) is 2.88. The fourth-order valence-electron chi connectivity index (χ4n) is 4.04. The van der Waals surface area contributed by atoms with E-state index >= 15 is 0 Å². The van der Waals surface area contributed by atoms with Crippen molar-refractivity contribution in [3.8, 4) is 0 Å². The van der Waals surface area contributed by atoms with Crippen LogP contribution in [0.3, 0.4) is 0 Å². The summed E-state index contributed by atoms with van der Waals surface area (Å²) < 4.78 is 13.3. The topological polar surface area (TPSA) is 32.3 Å². The minimum Gasteiger partial charge on any atom is -0.352 e. The predicted molar refractivity (Wildman–Crippen MR) is 78.0 cm³/mol. The van der Waals surface area contributed by atoms with Gasteiger partial charge in [-0.3, -0.25) is 9.69 Å². The SMILES string of the molecule is O=C(NC1CCC1)C12CC(CN1Cc1cccc(F)c1)C2. The third kappa shape index (κ3) is 2.16. The van der Waals surface area contributed by atoms with Gasteiger partial charge in [-0.05, 0) is 55.7 Å². The molecule has 0 spiro atoms. The van der Waals surface area contributed by atoms with E-state index in [-0.39, 0.29) is 17.3 Å². The first-order valence-electron chi connectivity index (χ1n) is 7.96. The van der Waals surface area contributed by atoms with Crippen LogP contribution in [0.4, 0.5) is 4.39 Å². The number of fused-ring (bicyclic) bond motifs is 1. The van der Waals surface area contributed by atoms with E-state index in [4.69, 9.17) is 0 Å². The van der Waals surface area contributed by atoms with Crippen molar-refractivity contribution in [3.05, 3.63) is 35.6 Å². The molecule has 2 saturated heterocycles. The molecule has 5 rings (SSSR count). The Balaban J connectivity index is 1.48. The first kappa shape index (κ1) is 13.3. The lowest BCUT2D eigenvalue weighted by Gasteiger charge is -2.42. The lowest BCUT2D eigenvalue weighted by atomic mass is 9.72. The third-order valence-electron chi connectivity index (χ3n) is 5.46. The number of carbonyl (C=O) groups is 1. The summed E-state index contributed by atoms with van der Waals surface area (Å²) in [6.45, 7) is 1.64. The second kappa shape index (κ2) is 4.80. The molecule has 2 heterocycles. The quantitative estimate of drug-likeness (QED) is 0.923. The van der Waals surface area contributed by atoms with Crippen LogP contribution in [0.1, 0.15) is 37.7 Å². The van der Waals surface area contributed by atoms with Crippen LogP contribution in [0.25, 0.3) is 0 Å². The first-order valence-corrected chi connectivity index (χ1v) is 7.96. The molecule has 2 aliphatic heterocycles. The van der Waals surface area contributed by atoms with E-state index in [0.717, 1.165) is 37.8 Å². The monoisotopic (exact) mass is 288 g/mol. The van der Waals surface area contributed by atoms with E-state index in [2.05, 4.69) is 10.2 Å². The molecule has 4 fully saturated rings. The molecule has 112 valence electrons. The van der Waals surface area contributed by atoms with Gasteiger partial charge in [-0.1, -0.05) is 12.1 Å². The van der Waals surface area contributed by atoms with Gasteiger partial charge in [0.25, 0.3) is 0 Å². The maximum Gasteiger partial charge on any atom is 0.240 e. The molecule has 21 heavy (non-hydrogen) atoms. The number of halogens is 1. The standard InChI is InChI=1S/C17H21FN2O/c18-14-4-1-3-12(7-14)10-20-11-13-8-17(20,9-13)16(21)19-15-5-2-6-15/h1,3-4,7,13,15H,2,5-6,8-11H2,(H,19,21). The Kier molecular flexibility index (Phi) is 3.03. The lowest BCUT2D eigenvalue weighted by molar-refractivity contribution is -0.136. The zero-order chi connectivity index (χ0) is 14.4. The van der Waals surface area contributed by atoms with Crippen molar-refractivity contribution in [3.63, 3.8) is 0 Å². The number of hydrogen-bond acceptors (Lipinski definition) is 2. The molecule has 1 amide bonds. The van der Waals surface area contributed by atoms with Gasteiger partial charge in [-0.15, -0.1) is 0 Å². The number of rotatable bonds is 4. The van der Waals surface area contributed by atoms with E-state index in [1.54, 1.807) is 12.1 Å². The number of nitrogens with one attached hydrogen (secondary N) is 1. The normalized spacial score (nSPS) is 31.6. The Bertz CT molecular complexity index is 564. The van der Waals surface area contributed by atoms with Crippen LogP contribution in [0.15, 0.2) is 24.3 Å². The first-order chi connectivity index (χ1) is 10.2. The molecule has 4 aliphatic rings. The summed E-state index contributed by atoms with van der Waals surface area (Å²) in [6.07, 6.45) is 5.42. The molecule has 2 bridgehead atoms. The molecular formula is C17H21FN2O. The molecule has 0 aromatic heterocycles. The minimum atomic E-state index is -0.313. The molecule has 1 N–H and O–H groups in total. The van der Waals surface area contributed by atoms with Gasteiger partial charge >= 0.3 is 0 Å². The van der Waals surface area contributed by atoms with Crippen LogP contribution in [-0.4, -0.2) is 28.9 Å². The smallest absolute Gasteiger partial charge is 0.240 e. The summed E-state index contributed by atoms with van der Waals surface area (Å²) >= 11 is 0. The van der Waals surface area contributed by atoms with Gasteiger partial charge < -0.3 is 5.32 Å². The number of amides is 1. The van der Waals surface area contributed by atoms with Gasteiger partial charge in [0.05, 0.1) is 0 Å². The van der Waals surface area contributed by atoms with E-state index in [9.17, 15) is 9.18 Å². The van der Waals surface area contributed by atoms with Crippen molar-refractivity contribution in [1.29, 1.82) is 0 Å². The highest BCUT2D eigenvalue weighted by Crippen LogP contribution is 2.51. The maximum atomic E-state index is 13.3. The average molecular weight is 288 g/mol. The van der Waals surface area contributed by atoms with E-state index in [0.29, 0.717) is 18.5 Å². The van der Waals surface area contributed by atoms with Crippen LogP contribution in [-0.2, 0) is 11.3 Å². The summed E-state index contributed by atoms with van der Waals surface area (Å²) in [4.78, 5) is 14.9. The van der Waals surface area contributed by atoms with Gasteiger partial charge in [0.2, 0.25) is 5.91 Å². The van der Waals surface area contributed by atoms with Crippen LogP contribution in [0.5, 0.6) is 0 Å². The zero-order valence-corrected chi connectivity index (χ0v) is 12.1. The summed E-state index contributed by atoms with van der Waals surface area (Å²) in [5.74, 6) is 0.648. The molecular weight excluding hydrogens is 267 g/mol. The van der Waals surface area contributed by atoms with E-state index in [1.807, 2.05) is 6.07 Å². The van der Waals surface area contributed by atoms with Crippen LogP contribution >= 0.6 is 0 Å². The van der Waals surface area contributed by atoms with Crippen LogP contribution in [0.2, 0.25) is 0 Å². The fourth-order valence-corrected chi connectivity index (χ4v) is 4.04. The number of hydrogen-bond donors (Lipinski definition) is 1. The van der Waals surface area contributed by atoms with Gasteiger partial charge in [0, 0.05) is 19.1 Å². The second-order valence-electron chi connectivity index (χ2n) is 6.92. The van der Waals surface area contributed by atoms with Gasteiger partial charge in [0.1, 0.15) is 11.4 Å². The largest absolute Gasteiger partial charge is 0.352 e. The number of benzene rings is 1. The van der Waals surface area contributed by atoms with Crippen molar-refractivity contribution >= 4 is 5.91 Å². The summed E-state index contributed by atoms with van der Waals surface area (Å²) in [5.41, 5.74) is 0.644. The molecule has 2 aliphatic carbocycles. The Labute approximate surface area is 124 Å². The molecule has 2 saturated carbocycles. The van der Waals surface area contributed by atoms with Gasteiger partial charge in [-0.25, -0.2) is 4.39 Å². The van der Waals surface area contributed by atoms with Crippen LogP contribution in [0, 0.1) is 11.7 Å². The van der Waals surface area contributed by atoms with Crippen molar-refractivity contribution in [1.82, 2.24) is 10.2 Å². The Hall–Kier alpha value is -1.42. The highest BCUT2D eigenvalue weighted by atomic mass is 19.1. The van der Waals surface area contributed by atoms with Crippen molar-refractivity contribution in [2.45, 2.75) is 50.2 Å². The highest BCUT2D eigenvalue weighted by Gasteiger charge is 2.60. The highest BCUT2D eigenvalue weighted by molar-refractivity contribution is 5.88. The molecule has 0 atom stereocenters. The summed E-state index contributed by atoms with van der Waals surface area (Å²) in [6, 6.07) is 7.12. The third-order valence-corrected chi connectivity index (χ3v) is 5.46. The molecule has 3 nitrogen and oxygen atoms in total. The molecule has 1 aromatic carbocycles. The summed E-state index contributed by atoms with van der Waals surface area (Å²) in [7, 11) is 0. The van der Waals surface area contributed by atoms with Gasteiger partial charge in [0.15, 0.2) is 0 Å². The predicted octanol–water partition coefficient (Wildman–Crippen LogP) is 2.46. The molecule has 1 aromatic rings. The fraction of sp³-hybridized carbons (Fsp3) is 0.588. The van der Waals surface area contributed by atoms with E-state index in [1.165, 1.54) is 12.5 Å². The van der Waals surface area contributed by atoms with Gasteiger partial charge in [-0.2, -0.15) is 0 Å². The van der Waals surface area contributed by atoms with Crippen LogP contribution < -0.4 is 5.32 Å². The molecule has 0 unspecified atom stereocenters. The maximum absolute atomic E-state index is 13.3. The van der Waals surface area contributed by atoms with E-state index < -0.39 is 0 Å². The Morgan fingerprint density at radius 3 is 2.86 bits per heavy atom. The molecule has 0 radical (unpaired) electrons. The Morgan fingerprint density at radius 2 is 2.19 bits per heavy atom. The molecule has 4 heteroatoms. The zero-order valence-electron chi connectivity index (χ0n) is 12.1. The lowest BCUT2D eigenvalue weighted by Crippen LogP contribution is -2.59. The van der Waals surface area contributed by atoms with Crippen molar-refractivity contribution in [2.75, 3.05) is 6.54 Å². The summed E-state index contributed by atoms with van der Waals surface area (Å²) in [5, 5.41) is 3.21. The Morgan fingerprint density at radius 1 is 1.38 bits per heavy atom. The van der Waals surface area contributed by atoms with Crippen molar-refractivity contribution < 1.29 is 9.18 Å². The minimum absolute atomic E-state index is 0.202. The van der Waals surface area contributed by atoms with Crippen molar-refractivity contribution in [2.24, 2.45) is 5.92 Å². The second-order valence-corrected chi connectivity index (χ2v) is 6.92. The number of carbonyl (C=O) groups excluding carboxylic acids is 1.